The number of hydrogen-bond donors (Lipinski definition) is 2. The van der Waals surface area contributed by atoms with Crippen LogP contribution in [-0.4, -0.2) is 70.5 Å². The summed E-state index contributed by atoms with van der Waals surface area (Å²) in [5, 5.41) is 19.1. The van der Waals surface area contributed by atoms with Gasteiger partial charge in [-0.25, -0.2) is 0 Å². The SMILES string of the molecule is CN1C2CCCC1[C@@H](O)C2.CN1C2CCCC1[C@H](O)C2. The Kier molecular flexibility index (Phi) is 4.37. The predicted molar refractivity (Wildman–Crippen MR) is 79.6 cm³/mol. The first-order chi connectivity index (χ1) is 9.58. The molecule has 4 aliphatic heterocycles. The highest BCUT2D eigenvalue weighted by Crippen LogP contribution is 2.34. The van der Waals surface area contributed by atoms with E-state index in [1.165, 1.54) is 38.5 Å². The maximum absolute atomic E-state index is 9.53. The molecule has 4 bridgehead atoms. The van der Waals surface area contributed by atoms with Crippen molar-refractivity contribution < 1.29 is 10.2 Å². The average Bonchev–Trinajstić information content (AvgIpc) is 2.72. The molecule has 116 valence electrons. The molecule has 0 radical (unpaired) electrons. The van der Waals surface area contributed by atoms with Crippen LogP contribution in [0.3, 0.4) is 0 Å². The molecule has 20 heavy (non-hydrogen) atoms. The zero-order chi connectivity index (χ0) is 14.3. The second-order valence-corrected chi connectivity index (χ2v) is 7.24. The van der Waals surface area contributed by atoms with E-state index in [0.29, 0.717) is 24.2 Å². The third-order valence-electron chi connectivity index (χ3n) is 6.19. The number of aliphatic hydroxyl groups excluding tert-OH is 2. The highest BCUT2D eigenvalue weighted by molar-refractivity contribution is 4.96. The molecule has 4 heteroatoms. The molecule has 4 aliphatic rings. The summed E-state index contributed by atoms with van der Waals surface area (Å²) in [4.78, 5) is 4.71. The van der Waals surface area contributed by atoms with Crippen LogP contribution >= 0.6 is 0 Å². The number of nitrogens with zero attached hydrogens (tertiary/aromatic N) is 2. The van der Waals surface area contributed by atoms with E-state index in [4.69, 9.17) is 0 Å². The van der Waals surface area contributed by atoms with Crippen molar-refractivity contribution in [2.75, 3.05) is 14.1 Å². The minimum Gasteiger partial charge on any atom is -0.391 e. The van der Waals surface area contributed by atoms with Crippen molar-refractivity contribution in [2.45, 2.75) is 87.7 Å². The third-order valence-corrected chi connectivity index (χ3v) is 6.19. The summed E-state index contributed by atoms with van der Waals surface area (Å²) in [5.41, 5.74) is 0. The normalized spacial score (nSPS) is 48.0. The standard InChI is InChI=1S/2C8H15NO/c2*1-9-6-3-2-4-7(9)8(10)5-6/h2*6-8,10H,2-5H2,1H3/t2*6?,7?,8-/m10/s1. The molecular weight excluding hydrogens is 252 g/mol. The van der Waals surface area contributed by atoms with E-state index >= 15 is 0 Å². The van der Waals surface area contributed by atoms with E-state index in [1.54, 1.807) is 0 Å². The molecule has 0 amide bonds. The lowest BCUT2D eigenvalue weighted by Gasteiger charge is -2.30. The third kappa shape index (κ3) is 2.63. The summed E-state index contributed by atoms with van der Waals surface area (Å²) in [5.74, 6) is 0. The van der Waals surface area contributed by atoms with Crippen LogP contribution in [0.25, 0.3) is 0 Å². The monoisotopic (exact) mass is 282 g/mol. The van der Waals surface area contributed by atoms with Crippen molar-refractivity contribution in [3.05, 3.63) is 0 Å². The topological polar surface area (TPSA) is 46.9 Å². The highest BCUT2D eigenvalue weighted by Gasteiger charge is 2.40. The van der Waals surface area contributed by atoms with Gasteiger partial charge in [0.2, 0.25) is 0 Å². The Balaban J connectivity index is 0.000000121. The maximum Gasteiger partial charge on any atom is 0.0710 e. The Bertz CT molecular complexity index is 306. The fourth-order valence-electron chi connectivity index (χ4n) is 4.85. The molecule has 4 rings (SSSR count). The van der Waals surface area contributed by atoms with Crippen molar-refractivity contribution in [3.63, 3.8) is 0 Å². The zero-order valence-electron chi connectivity index (χ0n) is 12.9. The molecule has 0 aromatic carbocycles. The van der Waals surface area contributed by atoms with Gasteiger partial charge in [-0.15, -0.1) is 0 Å². The first-order valence-corrected chi connectivity index (χ1v) is 8.38. The average molecular weight is 282 g/mol. The van der Waals surface area contributed by atoms with Crippen LogP contribution in [0.1, 0.15) is 51.4 Å². The lowest BCUT2D eigenvalue weighted by atomic mass is 10.0. The molecule has 4 nitrogen and oxygen atoms in total. The molecule has 4 unspecified atom stereocenters. The largest absolute Gasteiger partial charge is 0.391 e. The van der Waals surface area contributed by atoms with Crippen molar-refractivity contribution in [2.24, 2.45) is 0 Å². The van der Waals surface area contributed by atoms with E-state index < -0.39 is 0 Å². The van der Waals surface area contributed by atoms with Gasteiger partial charge >= 0.3 is 0 Å². The summed E-state index contributed by atoms with van der Waals surface area (Å²) >= 11 is 0. The van der Waals surface area contributed by atoms with Gasteiger partial charge in [0.05, 0.1) is 12.2 Å². The number of hydrogen-bond acceptors (Lipinski definition) is 4. The van der Waals surface area contributed by atoms with E-state index in [1.807, 2.05) is 0 Å². The van der Waals surface area contributed by atoms with Gasteiger partial charge in [0.15, 0.2) is 0 Å². The smallest absolute Gasteiger partial charge is 0.0710 e. The van der Waals surface area contributed by atoms with Crippen molar-refractivity contribution in [3.8, 4) is 0 Å². The Labute approximate surface area is 122 Å². The Morgan fingerprint density at radius 1 is 0.700 bits per heavy atom. The number of fused-ring (bicyclic) bond motifs is 4. The number of aliphatic hydroxyl groups is 2. The molecule has 2 N–H and O–H groups in total. The second kappa shape index (κ2) is 5.91. The number of likely N-dealkylation sites (N-methyl/N-ethyl adjacent to an activating group) is 2. The van der Waals surface area contributed by atoms with E-state index in [2.05, 4.69) is 23.9 Å². The summed E-state index contributed by atoms with van der Waals surface area (Å²) < 4.78 is 0. The first kappa shape index (κ1) is 14.8. The zero-order valence-corrected chi connectivity index (χ0v) is 12.9. The van der Waals surface area contributed by atoms with E-state index in [0.717, 1.165) is 12.8 Å². The quantitative estimate of drug-likeness (QED) is 0.701. The van der Waals surface area contributed by atoms with Gasteiger partial charge in [0.25, 0.3) is 0 Å². The van der Waals surface area contributed by atoms with Gasteiger partial charge in [-0.1, -0.05) is 12.8 Å². The van der Waals surface area contributed by atoms with Gasteiger partial charge in [-0.3, -0.25) is 9.80 Å². The highest BCUT2D eigenvalue weighted by atomic mass is 16.3. The van der Waals surface area contributed by atoms with Gasteiger partial charge in [-0.05, 0) is 52.6 Å². The van der Waals surface area contributed by atoms with E-state index in [9.17, 15) is 10.2 Å². The fraction of sp³-hybridized carbons (Fsp3) is 1.00. The lowest BCUT2D eigenvalue weighted by molar-refractivity contribution is 0.103. The van der Waals surface area contributed by atoms with Crippen molar-refractivity contribution >= 4 is 0 Å². The Hall–Kier alpha value is -0.160. The van der Waals surface area contributed by atoms with Gasteiger partial charge in [-0.2, -0.15) is 0 Å². The van der Waals surface area contributed by atoms with Crippen LogP contribution < -0.4 is 0 Å². The molecule has 4 saturated heterocycles. The molecule has 4 fully saturated rings. The minimum atomic E-state index is -0.0301. The first-order valence-electron chi connectivity index (χ1n) is 8.38. The minimum absolute atomic E-state index is 0.0301. The molecule has 0 spiro atoms. The van der Waals surface area contributed by atoms with Crippen LogP contribution in [0, 0.1) is 0 Å². The lowest BCUT2D eigenvalue weighted by Crippen LogP contribution is -2.38. The van der Waals surface area contributed by atoms with Crippen LogP contribution in [0.5, 0.6) is 0 Å². The molecular formula is C16H30N2O2. The second-order valence-electron chi connectivity index (χ2n) is 7.24. The van der Waals surface area contributed by atoms with Crippen LogP contribution in [0.2, 0.25) is 0 Å². The molecule has 0 aromatic heterocycles. The van der Waals surface area contributed by atoms with Crippen LogP contribution in [0.15, 0.2) is 0 Å². The Morgan fingerprint density at radius 2 is 1.10 bits per heavy atom. The van der Waals surface area contributed by atoms with Gasteiger partial charge in [0.1, 0.15) is 0 Å². The summed E-state index contributed by atoms with van der Waals surface area (Å²) in [6.07, 6.45) is 9.60. The van der Waals surface area contributed by atoms with Crippen molar-refractivity contribution in [1.29, 1.82) is 0 Å². The summed E-state index contributed by atoms with van der Waals surface area (Å²) in [6.45, 7) is 0. The van der Waals surface area contributed by atoms with Crippen LogP contribution in [0.4, 0.5) is 0 Å². The molecule has 0 aliphatic carbocycles. The predicted octanol–water partition coefficient (Wildman–Crippen LogP) is 1.21. The number of rotatable bonds is 0. The molecule has 6 atom stereocenters. The molecule has 0 saturated carbocycles. The van der Waals surface area contributed by atoms with Crippen molar-refractivity contribution in [1.82, 2.24) is 9.80 Å². The molecule has 0 aromatic rings. The maximum atomic E-state index is 9.53. The number of piperidine rings is 2. The Morgan fingerprint density at radius 3 is 1.40 bits per heavy atom. The summed E-state index contributed by atoms with van der Waals surface area (Å²) in [6, 6.07) is 2.35. The van der Waals surface area contributed by atoms with E-state index in [-0.39, 0.29) is 12.2 Å². The summed E-state index contributed by atoms with van der Waals surface area (Å²) in [7, 11) is 4.29. The fourth-order valence-corrected chi connectivity index (χ4v) is 4.85. The molecule has 4 heterocycles. The van der Waals surface area contributed by atoms with Gasteiger partial charge < -0.3 is 10.2 Å². The van der Waals surface area contributed by atoms with Gasteiger partial charge in [0, 0.05) is 24.2 Å². The van der Waals surface area contributed by atoms with Crippen LogP contribution in [-0.2, 0) is 0 Å².